The van der Waals surface area contributed by atoms with Crippen molar-refractivity contribution in [2.45, 2.75) is 46.1 Å². The Balaban J connectivity index is 2.04. The molecule has 2 unspecified atom stereocenters. The van der Waals surface area contributed by atoms with Crippen LogP contribution in [0.5, 0.6) is 0 Å². The molecule has 1 saturated carbocycles. The molecular weight excluding hydrogens is 218 g/mol. The fourth-order valence-electron chi connectivity index (χ4n) is 3.07. The second kappa shape index (κ2) is 5.06. The number of terminal acetylenes is 1. The first-order valence-electron chi connectivity index (χ1n) is 6.83. The van der Waals surface area contributed by atoms with E-state index < -0.39 is 0 Å². The molecule has 18 heavy (non-hydrogen) atoms. The highest BCUT2D eigenvalue weighted by Gasteiger charge is 2.32. The fourth-order valence-corrected chi connectivity index (χ4v) is 3.07. The van der Waals surface area contributed by atoms with Crippen LogP contribution < -0.4 is 5.32 Å². The minimum atomic E-state index is 0.498. The first-order valence-corrected chi connectivity index (χ1v) is 6.83. The molecule has 0 heterocycles. The third kappa shape index (κ3) is 3.07. The zero-order valence-corrected chi connectivity index (χ0v) is 11.7. The predicted octanol–water partition coefficient (Wildman–Crippen LogP) is 4.29. The van der Waals surface area contributed by atoms with E-state index in [9.17, 15) is 0 Å². The monoisotopic (exact) mass is 241 g/mol. The van der Waals surface area contributed by atoms with E-state index in [1.54, 1.807) is 0 Å². The highest BCUT2D eigenvalue weighted by atomic mass is 14.9. The van der Waals surface area contributed by atoms with E-state index >= 15 is 0 Å². The van der Waals surface area contributed by atoms with Gasteiger partial charge in [-0.2, -0.15) is 0 Å². The molecule has 1 aliphatic carbocycles. The van der Waals surface area contributed by atoms with Crippen molar-refractivity contribution in [2.24, 2.45) is 11.3 Å². The van der Waals surface area contributed by atoms with Crippen LogP contribution in [0.15, 0.2) is 24.3 Å². The summed E-state index contributed by atoms with van der Waals surface area (Å²) in [4.78, 5) is 0. The SMILES string of the molecule is C#Cc1cccc(NC2CCC(C)(C)CC2C)c1. The van der Waals surface area contributed by atoms with Crippen LogP contribution in [0.25, 0.3) is 0 Å². The van der Waals surface area contributed by atoms with E-state index in [1.807, 2.05) is 12.1 Å². The van der Waals surface area contributed by atoms with Gasteiger partial charge in [-0.3, -0.25) is 0 Å². The van der Waals surface area contributed by atoms with Gasteiger partial charge >= 0.3 is 0 Å². The normalized spacial score (nSPS) is 26.3. The molecule has 1 fully saturated rings. The summed E-state index contributed by atoms with van der Waals surface area (Å²) >= 11 is 0. The van der Waals surface area contributed by atoms with Gasteiger partial charge in [-0.15, -0.1) is 6.42 Å². The van der Waals surface area contributed by atoms with Crippen molar-refractivity contribution in [3.8, 4) is 12.3 Å². The number of hydrogen-bond acceptors (Lipinski definition) is 1. The highest BCUT2D eigenvalue weighted by Crippen LogP contribution is 2.39. The van der Waals surface area contributed by atoms with Crippen LogP contribution in [0.3, 0.4) is 0 Å². The lowest BCUT2D eigenvalue weighted by molar-refractivity contribution is 0.177. The third-order valence-electron chi connectivity index (χ3n) is 4.07. The molecule has 2 rings (SSSR count). The van der Waals surface area contributed by atoms with Crippen molar-refractivity contribution in [3.63, 3.8) is 0 Å². The van der Waals surface area contributed by atoms with Gasteiger partial charge in [0, 0.05) is 17.3 Å². The van der Waals surface area contributed by atoms with Crippen molar-refractivity contribution >= 4 is 5.69 Å². The Hall–Kier alpha value is -1.42. The number of nitrogens with one attached hydrogen (secondary N) is 1. The number of hydrogen-bond donors (Lipinski definition) is 1. The van der Waals surface area contributed by atoms with Crippen LogP contribution in [-0.2, 0) is 0 Å². The molecule has 1 aliphatic rings. The van der Waals surface area contributed by atoms with Gasteiger partial charge in [0.1, 0.15) is 0 Å². The first-order chi connectivity index (χ1) is 8.50. The molecule has 0 spiro atoms. The van der Waals surface area contributed by atoms with Crippen LogP contribution in [0.2, 0.25) is 0 Å². The number of benzene rings is 1. The van der Waals surface area contributed by atoms with Gasteiger partial charge < -0.3 is 5.32 Å². The zero-order valence-electron chi connectivity index (χ0n) is 11.7. The molecule has 0 aliphatic heterocycles. The molecule has 2 atom stereocenters. The van der Waals surface area contributed by atoms with Gasteiger partial charge in [0.15, 0.2) is 0 Å². The Labute approximate surface area is 111 Å². The second-order valence-corrected chi connectivity index (χ2v) is 6.36. The molecule has 1 N–H and O–H groups in total. The smallest absolute Gasteiger partial charge is 0.0354 e. The van der Waals surface area contributed by atoms with E-state index in [1.165, 1.54) is 19.3 Å². The lowest BCUT2D eigenvalue weighted by Gasteiger charge is -2.40. The molecule has 0 aromatic heterocycles. The molecule has 1 aromatic rings. The van der Waals surface area contributed by atoms with Crippen molar-refractivity contribution in [2.75, 3.05) is 5.32 Å². The summed E-state index contributed by atoms with van der Waals surface area (Å²) in [7, 11) is 0. The quantitative estimate of drug-likeness (QED) is 0.761. The van der Waals surface area contributed by atoms with E-state index in [0.29, 0.717) is 17.4 Å². The predicted molar refractivity (Wildman–Crippen MR) is 78.6 cm³/mol. The van der Waals surface area contributed by atoms with Gasteiger partial charge in [-0.05, 0) is 48.8 Å². The van der Waals surface area contributed by atoms with Gasteiger partial charge in [-0.1, -0.05) is 32.8 Å². The topological polar surface area (TPSA) is 12.0 Å². The first kappa shape index (κ1) is 13.0. The average molecular weight is 241 g/mol. The average Bonchev–Trinajstić information content (AvgIpc) is 2.32. The number of anilines is 1. The van der Waals surface area contributed by atoms with Crippen LogP contribution in [0, 0.1) is 23.7 Å². The van der Waals surface area contributed by atoms with Crippen LogP contribution in [-0.4, -0.2) is 6.04 Å². The molecule has 1 nitrogen and oxygen atoms in total. The Morgan fingerprint density at radius 3 is 2.83 bits per heavy atom. The van der Waals surface area contributed by atoms with Crippen molar-refractivity contribution in [3.05, 3.63) is 29.8 Å². The summed E-state index contributed by atoms with van der Waals surface area (Å²) in [5.74, 6) is 3.40. The maximum atomic E-state index is 5.44. The Bertz CT molecular complexity index is 453. The lowest BCUT2D eigenvalue weighted by atomic mass is 9.70. The summed E-state index contributed by atoms with van der Waals surface area (Å²) in [6.07, 6.45) is 9.27. The van der Waals surface area contributed by atoms with E-state index in [0.717, 1.165) is 11.3 Å². The van der Waals surface area contributed by atoms with E-state index in [4.69, 9.17) is 6.42 Å². The molecule has 1 heteroatoms. The molecular formula is C17H23N. The lowest BCUT2D eigenvalue weighted by Crippen LogP contribution is -2.36. The standard InChI is InChI=1S/C17H23N/c1-5-14-7-6-8-15(11-14)18-16-9-10-17(3,4)12-13(16)2/h1,6-8,11,13,16,18H,9-10,12H2,2-4H3. The summed E-state index contributed by atoms with van der Waals surface area (Å²) < 4.78 is 0. The van der Waals surface area contributed by atoms with Crippen molar-refractivity contribution in [1.29, 1.82) is 0 Å². The Kier molecular flexibility index (Phi) is 3.66. The molecule has 0 bridgehead atoms. The third-order valence-corrected chi connectivity index (χ3v) is 4.07. The Morgan fingerprint density at radius 2 is 2.17 bits per heavy atom. The zero-order chi connectivity index (χ0) is 13.2. The molecule has 0 amide bonds. The van der Waals surface area contributed by atoms with E-state index in [2.05, 4.69) is 44.1 Å². The second-order valence-electron chi connectivity index (χ2n) is 6.36. The molecule has 96 valence electrons. The maximum Gasteiger partial charge on any atom is 0.0354 e. The number of rotatable bonds is 2. The van der Waals surface area contributed by atoms with Gasteiger partial charge in [0.25, 0.3) is 0 Å². The van der Waals surface area contributed by atoms with Gasteiger partial charge in [0.05, 0.1) is 0 Å². The summed E-state index contributed by atoms with van der Waals surface area (Å²) in [6, 6.07) is 8.74. The molecule has 1 aromatic carbocycles. The molecule has 0 radical (unpaired) electrons. The van der Waals surface area contributed by atoms with Gasteiger partial charge in [0.2, 0.25) is 0 Å². The Morgan fingerprint density at radius 1 is 1.39 bits per heavy atom. The summed E-state index contributed by atoms with van der Waals surface area (Å²) in [5.41, 5.74) is 2.60. The minimum absolute atomic E-state index is 0.498. The van der Waals surface area contributed by atoms with E-state index in [-0.39, 0.29) is 0 Å². The van der Waals surface area contributed by atoms with Crippen LogP contribution in [0.4, 0.5) is 5.69 Å². The molecule has 0 saturated heterocycles. The summed E-state index contributed by atoms with van der Waals surface area (Å²) in [6.45, 7) is 7.10. The van der Waals surface area contributed by atoms with Crippen LogP contribution >= 0.6 is 0 Å². The minimum Gasteiger partial charge on any atom is -0.382 e. The highest BCUT2D eigenvalue weighted by molar-refractivity contribution is 5.50. The maximum absolute atomic E-state index is 5.44. The van der Waals surface area contributed by atoms with Gasteiger partial charge in [-0.25, -0.2) is 0 Å². The largest absolute Gasteiger partial charge is 0.382 e. The van der Waals surface area contributed by atoms with Crippen LogP contribution in [0.1, 0.15) is 45.6 Å². The summed E-state index contributed by atoms with van der Waals surface area (Å²) in [5, 5.41) is 3.65. The van der Waals surface area contributed by atoms with Crippen molar-refractivity contribution in [1.82, 2.24) is 0 Å². The van der Waals surface area contributed by atoms with Crippen molar-refractivity contribution < 1.29 is 0 Å². The fraction of sp³-hybridized carbons (Fsp3) is 0.529.